The van der Waals surface area contributed by atoms with Crippen LogP contribution in [0.1, 0.15) is 0 Å². The van der Waals surface area contributed by atoms with E-state index in [-0.39, 0.29) is 10.6 Å². The maximum atomic E-state index is 13.5. The number of benzene rings is 2. The first-order valence-corrected chi connectivity index (χ1v) is 9.54. The highest BCUT2D eigenvalue weighted by Crippen LogP contribution is 2.26. The number of sulfonamides is 1. The van der Waals surface area contributed by atoms with Crippen molar-refractivity contribution in [2.45, 2.75) is 9.79 Å². The number of anilines is 1. The molecule has 0 aliphatic rings. The van der Waals surface area contributed by atoms with Crippen LogP contribution in [-0.2, 0) is 19.6 Å². The van der Waals surface area contributed by atoms with Crippen LogP contribution in [0.3, 0.4) is 0 Å². The summed E-state index contributed by atoms with van der Waals surface area (Å²) in [4.78, 5) is 12.5. The molecule has 5 nitrogen and oxygen atoms in total. The normalized spacial score (nSPS) is 11.1. The maximum absolute atomic E-state index is 13.5. The first-order chi connectivity index (χ1) is 11.4. The number of esters is 1. The summed E-state index contributed by atoms with van der Waals surface area (Å²) in [7, 11) is -2.89. The van der Waals surface area contributed by atoms with Gasteiger partial charge in [-0.3, -0.25) is 9.10 Å². The quantitative estimate of drug-likeness (QED) is 0.579. The van der Waals surface area contributed by atoms with Gasteiger partial charge in [0, 0.05) is 4.90 Å². The molecule has 24 heavy (non-hydrogen) atoms. The summed E-state index contributed by atoms with van der Waals surface area (Å²) in [6, 6.07) is 11.3. The molecule has 0 spiro atoms. The fourth-order valence-corrected chi connectivity index (χ4v) is 3.81. The minimum Gasteiger partial charge on any atom is -0.468 e. The second kappa shape index (κ2) is 7.67. The number of nitrogens with zero attached hydrogens (tertiary/aromatic N) is 1. The second-order valence-corrected chi connectivity index (χ2v) is 7.49. The zero-order valence-corrected chi connectivity index (χ0v) is 14.7. The maximum Gasteiger partial charge on any atom is 0.326 e. The summed E-state index contributed by atoms with van der Waals surface area (Å²) < 4.78 is 44.7. The highest BCUT2D eigenvalue weighted by Gasteiger charge is 2.27. The SMILES string of the molecule is COC(=O)CN(c1cccc(F)c1)S(=O)(=O)c1ccc(SC)cc1. The summed E-state index contributed by atoms with van der Waals surface area (Å²) in [5.74, 6) is -1.35. The Morgan fingerprint density at radius 1 is 1.21 bits per heavy atom. The molecular weight excluding hydrogens is 353 g/mol. The molecule has 2 aromatic carbocycles. The average molecular weight is 369 g/mol. The predicted molar refractivity (Wildman–Crippen MR) is 91.2 cm³/mol. The van der Waals surface area contributed by atoms with Crippen molar-refractivity contribution < 1.29 is 22.3 Å². The van der Waals surface area contributed by atoms with E-state index in [9.17, 15) is 17.6 Å². The van der Waals surface area contributed by atoms with Gasteiger partial charge in [0.05, 0.1) is 17.7 Å². The number of carbonyl (C=O) groups excluding carboxylic acids is 1. The van der Waals surface area contributed by atoms with Crippen molar-refractivity contribution >= 4 is 33.4 Å². The Bertz CT molecular complexity index is 822. The molecule has 0 aromatic heterocycles. The fourth-order valence-electron chi connectivity index (χ4n) is 2.00. The standard InChI is InChI=1S/C16H16FNO4S2/c1-22-16(19)11-18(13-5-3-4-12(17)10-13)24(20,21)15-8-6-14(23-2)7-9-15/h3-10H,11H2,1-2H3. The lowest BCUT2D eigenvalue weighted by atomic mass is 10.3. The molecular formula is C16H16FNO4S2. The van der Waals surface area contributed by atoms with Crippen molar-refractivity contribution in [2.24, 2.45) is 0 Å². The van der Waals surface area contributed by atoms with Crippen LogP contribution in [0.2, 0.25) is 0 Å². The van der Waals surface area contributed by atoms with Crippen LogP contribution in [0.15, 0.2) is 58.3 Å². The molecule has 0 heterocycles. The van der Waals surface area contributed by atoms with Crippen molar-refractivity contribution in [3.63, 3.8) is 0 Å². The van der Waals surface area contributed by atoms with Gasteiger partial charge >= 0.3 is 5.97 Å². The number of carbonyl (C=O) groups is 1. The molecule has 0 aliphatic heterocycles. The summed E-state index contributed by atoms with van der Waals surface area (Å²) >= 11 is 1.48. The summed E-state index contributed by atoms with van der Waals surface area (Å²) in [5.41, 5.74) is 0.0503. The van der Waals surface area contributed by atoms with Crippen LogP contribution < -0.4 is 4.31 Å². The lowest BCUT2D eigenvalue weighted by molar-refractivity contribution is -0.138. The largest absolute Gasteiger partial charge is 0.468 e. The van der Waals surface area contributed by atoms with E-state index < -0.39 is 28.4 Å². The molecule has 2 aromatic rings. The number of methoxy groups -OCH3 is 1. The Morgan fingerprint density at radius 3 is 2.42 bits per heavy atom. The van der Waals surface area contributed by atoms with Crippen LogP contribution in [-0.4, -0.2) is 34.3 Å². The molecule has 0 saturated carbocycles. The Hall–Kier alpha value is -2.06. The highest BCUT2D eigenvalue weighted by molar-refractivity contribution is 7.98. The number of hydrogen-bond donors (Lipinski definition) is 0. The third-order valence-electron chi connectivity index (χ3n) is 3.24. The van der Waals surface area contributed by atoms with Crippen LogP contribution in [0.4, 0.5) is 10.1 Å². The lowest BCUT2D eigenvalue weighted by Gasteiger charge is -2.23. The van der Waals surface area contributed by atoms with Gasteiger partial charge in [-0.05, 0) is 48.7 Å². The van der Waals surface area contributed by atoms with E-state index in [4.69, 9.17) is 0 Å². The van der Waals surface area contributed by atoms with Gasteiger partial charge < -0.3 is 4.74 Å². The third-order valence-corrected chi connectivity index (χ3v) is 5.78. The first kappa shape index (κ1) is 18.3. The van der Waals surface area contributed by atoms with E-state index in [2.05, 4.69) is 4.74 Å². The second-order valence-electron chi connectivity index (χ2n) is 4.74. The fraction of sp³-hybridized carbons (Fsp3) is 0.188. The van der Waals surface area contributed by atoms with E-state index in [1.807, 2.05) is 6.26 Å². The van der Waals surface area contributed by atoms with E-state index >= 15 is 0 Å². The molecule has 8 heteroatoms. The van der Waals surface area contributed by atoms with Gasteiger partial charge in [-0.15, -0.1) is 11.8 Å². The molecule has 2 rings (SSSR count). The third kappa shape index (κ3) is 4.07. The zero-order valence-electron chi connectivity index (χ0n) is 13.1. The van der Waals surface area contributed by atoms with Crippen LogP contribution in [0, 0.1) is 5.82 Å². The zero-order chi connectivity index (χ0) is 17.7. The molecule has 0 saturated heterocycles. The first-order valence-electron chi connectivity index (χ1n) is 6.87. The number of halogens is 1. The van der Waals surface area contributed by atoms with E-state index in [0.29, 0.717) is 0 Å². The van der Waals surface area contributed by atoms with Crippen LogP contribution in [0.5, 0.6) is 0 Å². The molecule has 0 fully saturated rings. The van der Waals surface area contributed by atoms with E-state index in [0.717, 1.165) is 22.4 Å². The number of rotatable bonds is 6. The molecule has 0 amide bonds. The molecule has 0 unspecified atom stereocenters. The van der Waals surface area contributed by atoms with Gasteiger partial charge in [-0.25, -0.2) is 12.8 Å². The Balaban J connectivity index is 2.49. The highest BCUT2D eigenvalue weighted by atomic mass is 32.2. The topological polar surface area (TPSA) is 63.7 Å². The average Bonchev–Trinajstić information content (AvgIpc) is 2.59. The van der Waals surface area contributed by atoms with Crippen molar-refractivity contribution in [3.8, 4) is 0 Å². The van der Waals surface area contributed by atoms with Gasteiger partial charge in [0.15, 0.2) is 0 Å². The van der Waals surface area contributed by atoms with Crippen molar-refractivity contribution in [3.05, 3.63) is 54.3 Å². The van der Waals surface area contributed by atoms with Gasteiger partial charge in [0.25, 0.3) is 10.0 Å². The van der Waals surface area contributed by atoms with E-state index in [1.165, 1.54) is 42.1 Å². The van der Waals surface area contributed by atoms with Gasteiger partial charge in [-0.2, -0.15) is 0 Å². The van der Waals surface area contributed by atoms with Crippen molar-refractivity contribution in [1.82, 2.24) is 0 Å². The number of thioether (sulfide) groups is 1. The number of ether oxygens (including phenoxy) is 1. The monoisotopic (exact) mass is 369 g/mol. The van der Waals surface area contributed by atoms with Gasteiger partial charge in [0.1, 0.15) is 12.4 Å². The van der Waals surface area contributed by atoms with Crippen LogP contribution >= 0.6 is 11.8 Å². The number of hydrogen-bond acceptors (Lipinski definition) is 5. The Labute approximate surface area is 144 Å². The summed E-state index contributed by atoms with van der Waals surface area (Å²) in [6.45, 7) is -0.549. The Morgan fingerprint density at radius 2 is 1.88 bits per heavy atom. The van der Waals surface area contributed by atoms with Crippen molar-refractivity contribution in [2.75, 3.05) is 24.2 Å². The Kier molecular flexibility index (Phi) is 5.84. The minimum atomic E-state index is -4.04. The van der Waals surface area contributed by atoms with Gasteiger partial charge in [0.2, 0.25) is 0 Å². The smallest absolute Gasteiger partial charge is 0.326 e. The van der Waals surface area contributed by atoms with Crippen molar-refractivity contribution in [1.29, 1.82) is 0 Å². The molecule has 128 valence electrons. The summed E-state index contributed by atoms with van der Waals surface area (Å²) in [6.07, 6.45) is 1.87. The minimum absolute atomic E-state index is 0.00784. The van der Waals surface area contributed by atoms with Crippen LogP contribution in [0.25, 0.3) is 0 Å². The van der Waals surface area contributed by atoms with E-state index in [1.54, 1.807) is 12.1 Å². The molecule has 0 bridgehead atoms. The summed E-state index contributed by atoms with van der Waals surface area (Å²) in [5, 5.41) is 0. The molecule has 0 radical (unpaired) electrons. The molecule has 0 atom stereocenters. The molecule has 0 aliphatic carbocycles. The molecule has 0 N–H and O–H groups in total. The van der Waals surface area contributed by atoms with Gasteiger partial charge in [-0.1, -0.05) is 6.07 Å². The lowest BCUT2D eigenvalue weighted by Crippen LogP contribution is -2.36. The predicted octanol–water partition coefficient (Wildman–Crippen LogP) is 2.92.